The Bertz CT molecular complexity index is 597. The van der Waals surface area contributed by atoms with Gasteiger partial charge in [0.25, 0.3) is 0 Å². The average molecular weight is 506 g/mol. The molecule has 158 valence electrons. The van der Waals surface area contributed by atoms with Gasteiger partial charge in [0, 0.05) is 58.2 Å². The van der Waals surface area contributed by atoms with E-state index < -0.39 is 0 Å². The minimum Gasteiger partial charge on any atom is -0.469 e. The predicted molar refractivity (Wildman–Crippen MR) is 117 cm³/mol. The van der Waals surface area contributed by atoms with Crippen molar-refractivity contribution in [2.24, 2.45) is 10.9 Å². The molecule has 1 aromatic heterocycles. The van der Waals surface area contributed by atoms with Crippen molar-refractivity contribution in [3.63, 3.8) is 0 Å². The number of guanidine groups is 1. The maximum Gasteiger partial charge on any atom is 0.409 e. The summed E-state index contributed by atoms with van der Waals surface area (Å²) in [5, 5.41) is 3.46. The number of carbonyl (C=O) groups is 1. The van der Waals surface area contributed by atoms with Gasteiger partial charge in [-0.05, 0) is 25.5 Å². The van der Waals surface area contributed by atoms with Crippen LogP contribution in [0.25, 0.3) is 0 Å². The predicted octanol–water partition coefficient (Wildman–Crippen LogP) is 2.20. The van der Waals surface area contributed by atoms with Gasteiger partial charge in [0.15, 0.2) is 5.96 Å². The van der Waals surface area contributed by atoms with Crippen molar-refractivity contribution in [1.29, 1.82) is 0 Å². The zero-order valence-electron chi connectivity index (χ0n) is 16.5. The second-order valence-corrected chi connectivity index (χ2v) is 6.82. The van der Waals surface area contributed by atoms with Gasteiger partial charge in [-0.3, -0.25) is 4.99 Å². The summed E-state index contributed by atoms with van der Waals surface area (Å²) in [6.07, 6.45) is 3.34. The highest BCUT2D eigenvalue weighted by molar-refractivity contribution is 14.0. The van der Waals surface area contributed by atoms with Gasteiger partial charge in [-0.15, -0.1) is 24.0 Å². The van der Waals surface area contributed by atoms with E-state index in [-0.39, 0.29) is 30.1 Å². The first-order valence-corrected chi connectivity index (χ1v) is 9.81. The molecule has 1 atom stereocenters. The van der Waals surface area contributed by atoms with Crippen LogP contribution in [0.3, 0.4) is 0 Å². The topological polar surface area (TPSA) is 79.5 Å². The number of rotatable bonds is 6. The van der Waals surface area contributed by atoms with E-state index in [2.05, 4.69) is 10.2 Å². The SMILES string of the molecule is CCOC(=O)N1CCN(C(=NCC2CCOC2)NCCc2ccco2)CC1.I. The fourth-order valence-electron chi connectivity index (χ4n) is 3.28. The van der Waals surface area contributed by atoms with Crippen LogP contribution in [0.2, 0.25) is 0 Å². The van der Waals surface area contributed by atoms with E-state index in [1.54, 1.807) is 11.2 Å². The Morgan fingerprint density at radius 3 is 2.75 bits per heavy atom. The van der Waals surface area contributed by atoms with Gasteiger partial charge in [-0.2, -0.15) is 0 Å². The summed E-state index contributed by atoms with van der Waals surface area (Å²) < 4.78 is 15.9. The number of amides is 1. The smallest absolute Gasteiger partial charge is 0.409 e. The van der Waals surface area contributed by atoms with Gasteiger partial charge in [-0.25, -0.2) is 4.79 Å². The fraction of sp³-hybridized carbons (Fsp3) is 0.684. The summed E-state index contributed by atoms with van der Waals surface area (Å²) in [5.41, 5.74) is 0. The number of hydrogen-bond acceptors (Lipinski definition) is 5. The first-order valence-electron chi connectivity index (χ1n) is 9.81. The minimum absolute atomic E-state index is 0. The summed E-state index contributed by atoms with van der Waals surface area (Å²) in [6, 6.07) is 3.88. The Labute approximate surface area is 183 Å². The number of halogens is 1. The van der Waals surface area contributed by atoms with E-state index in [4.69, 9.17) is 18.9 Å². The summed E-state index contributed by atoms with van der Waals surface area (Å²) in [6.45, 7) is 8.15. The van der Waals surface area contributed by atoms with Crippen molar-refractivity contribution in [1.82, 2.24) is 15.1 Å². The standard InChI is InChI=1S/C19H30N4O4.HI/c1-2-26-19(24)23-10-8-22(9-11-23)18(21-14-16-6-13-25-15-16)20-7-5-17-4-3-12-27-17;/h3-4,12,16H,2,5-11,13-15H2,1H3,(H,20,21);1H. The van der Waals surface area contributed by atoms with Crippen LogP contribution in [0.15, 0.2) is 27.8 Å². The lowest BCUT2D eigenvalue weighted by atomic mass is 10.1. The molecule has 1 N–H and O–H groups in total. The lowest BCUT2D eigenvalue weighted by Gasteiger charge is -2.36. The molecule has 28 heavy (non-hydrogen) atoms. The number of hydrogen-bond donors (Lipinski definition) is 1. The molecule has 2 fully saturated rings. The van der Waals surface area contributed by atoms with Crippen molar-refractivity contribution in [2.75, 3.05) is 59.1 Å². The molecule has 0 aliphatic carbocycles. The normalized spacial score (nSPS) is 20.0. The second kappa shape index (κ2) is 12.2. The maximum absolute atomic E-state index is 11.9. The van der Waals surface area contributed by atoms with Crippen LogP contribution in [-0.4, -0.2) is 80.9 Å². The minimum atomic E-state index is -0.232. The van der Waals surface area contributed by atoms with E-state index in [1.807, 2.05) is 19.1 Å². The van der Waals surface area contributed by atoms with Crippen LogP contribution in [0.1, 0.15) is 19.1 Å². The van der Waals surface area contributed by atoms with E-state index >= 15 is 0 Å². The molecule has 2 saturated heterocycles. The van der Waals surface area contributed by atoms with E-state index in [0.717, 1.165) is 64.0 Å². The first-order chi connectivity index (χ1) is 13.3. The van der Waals surface area contributed by atoms with Crippen molar-refractivity contribution in [2.45, 2.75) is 19.8 Å². The average Bonchev–Trinajstić information content (AvgIpc) is 3.39. The number of furan rings is 1. The van der Waals surface area contributed by atoms with Crippen molar-refractivity contribution in [3.05, 3.63) is 24.2 Å². The van der Waals surface area contributed by atoms with Crippen molar-refractivity contribution < 1.29 is 18.7 Å². The molecular formula is C19H31IN4O4. The lowest BCUT2D eigenvalue weighted by Crippen LogP contribution is -2.54. The molecule has 9 heteroatoms. The quantitative estimate of drug-likeness (QED) is 0.362. The van der Waals surface area contributed by atoms with Gasteiger partial charge in [0.2, 0.25) is 0 Å². The molecule has 1 amide bonds. The van der Waals surface area contributed by atoms with Crippen LogP contribution in [0, 0.1) is 5.92 Å². The van der Waals surface area contributed by atoms with Crippen LogP contribution in [0.4, 0.5) is 4.79 Å². The molecule has 0 bridgehead atoms. The van der Waals surface area contributed by atoms with Crippen LogP contribution in [-0.2, 0) is 15.9 Å². The highest BCUT2D eigenvalue weighted by atomic mass is 127. The molecule has 1 aromatic rings. The number of ether oxygens (including phenoxy) is 2. The molecule has 0 radical (unpaired) electrons. The van der Waals surface area contributed by atoms with Crippen LogP contribution >= 0.6 is 24.0 Å². The summed E-state index contributed by atoms with van der Waals surface area (Å²) in [7, 11) is 0. The largest absolute Gasteiger partial charge is 0.469 e. The van der Waals surface area contributed by atoms with Crippen molar-refractivity contribution >= 4 is 36.0 Å². The molecule has 0 aromatic carbocycles. The van der Waals surface area contributed by atoms with Gasteiger partial charge < -0.3 is 29.0 Å². The molecule has 8 nitrogen and oxygen atoms in total. The van der Waals surface area contributed by atoms with Crippen LogP contribution < -0.4 is 5.32 Å². The fourth-order valence-corrected chi connectivity index (χ4v) is 3.28. The molecule has 2 aliphatic heterocycles. The van der Waals surface area contributed by atoms with Gasteiger partial charge in [0.1, 0.15) is 5.76 Å². The summed E-state index contributed by atoms with van der Waals surface area (Å²) >= 11 is 0. The molecular weight excluding hydrogens is 475 g/mol. The van der Waals surface area contributed by atoms with Gasteiger partial charge in [-0.1, -0.05) is 0 Å². The van der Waals surface area contributed by atoms with Gasteiger partial charge >= 0.3 is 6.09 Å². The Morgan fingerprint density at radius 2 is 2.11 bits per heavy atom. The van der Waals surface area contributed by atoms with E-state index in [0.29, 0.717) is 25.6 Å². The van der Waals surface area contributed by atoms with Crippen LogP contribution in [0.5, 0.6) is 0 Å². The summed E-state index contributed by atoms with van der Waals surface area (Å²) in [5.74, 6) is 2.35. The third kappa shape index (κ3) is 6.84. The number of aliphatic imine (C=N–C) groups is 1. The van der Waals surface area contributed by atoms with E-state index in [9.17, 15) is 4.79 Å². The third-order valence-corrected chi connectivity index (χ3v) is 4.86. The third-order valence-electron chi connectivity index (χ3n) is 4.86. The monoisotopic (exact) mass is 506 g/mol. The maximum atomic E-state index is 11.9. The Morgan fingerprint density at radius 1 is 1.32 bits per heavy atom. The first kappa shape index (κ1) is 22.8. The molecule has 1 unspecified atom stereocenters. The number of piperazine rings is 1. The zero-order chi connectivity index (χ0) is 18.9. The van der Waals surface area contributed by atoms with Gasteiger partial charge in [0.05, 0.1) is 19.5 Å². The Hall–Kier alpha value is -1.49. The lowest BCUT2D eigenvalue weighted by molar-refractivity contribution is 0.0914. The molecule has 0 saturated carbocycles. The Balaban J connectivity index is 0.00000280. The number of nitrogens with zero attached hydrogens (tertiary/aromatic N) is 3. The molecule has 3 heterocycles. The number of nitrogens with one attached hydrogen (secondary N) is 1. The molecule has 2 aliphatic rings. The zero-order valence-corrected chi connectivity index (χ0v) is 18.8. The number of carbonyl (C=O) groups excluding carboxylic acids is 1. The van der Waals surface area contributed by atoms with Crippen molar-refractivity contribution in [3.8, 4) is 0 Å². The Kier molecular flexibility index (Phi) is 9.89. The molecule has 0 spiro atoms. The summed E-state index contributed by atoms with van der Waals surface area (Å²) in [4.78, 5) is 20.7. The highest BCUT2D eigenvalue weighted by Gasteiger charge is 2.24. The highest BCUT2D eigenvalue weighted by Crippen LogP contribution is 2.13. The van der Waals surface area contributed by atoms with E-state index in [1.165, 1.54) is 0 Å². The second-order valence-electron chi connectivity index (χ2n) is 6.82. The molecule has 3 rings (SSSR count).